The summed E-state index contributed by atoms with van der Waals surface area (Å²) in [5.74, 6) is 0.808. The van der Waals surface area contributed by atoms with Gasteiger partial charge in [0.1, 0.15) is 0 Å². The van der Waals surface area contributed by atoms with E-state index in [2.05, 4.69) is 42.9 Å². The maximum atomic E-state index is 2.25. The van der Waals surface area contributed by atoms with Crippen LogP contribution in [0.5, 0.6) is 0 Å². The van der Waals surface area contributed by atoms with Crippen LogP contribution in [0.1, 0.15) is 20.3 Å². The van der Waals surface area contributed by atoms with Gasteiger partial charge in [-0.3, -0.25) is 0 Å². The van der Waals surface area contributed by atoms with Gasteiger partial charge in [-0.2, -0.15) is 0 Å². The SMILES string of the molecule is CC(C)CCn1cccc1.Cl. The first-order chi connectivity index (χ1) is 4.79. The number of aromatic nitrogens is 1. The highest BCUT2D eigenvalue weighted by Crippen LogP contribution is 2.02. The molecule has 0 aliphatic rings. The molecular weight excluding hydrogens is 158 g/mol. The summed E-state index contributed by atoms with van der Waals surface area (Å²) >= 11 is 0. The molecule has 1 aromatic heterocycles. The monoisotopic (exact) mass is 173 g/mol. The van der Waals surface area contributed by atoms with Gasteiger partial charge < -0.3 is 4.57 Å². The van der Waals surface area contributed by atoms with Crippen LogP contribution in [0.4, 0.5) is 0 Å². The largest absolute Gasteiger partial charge is 0.354 e. The average molecular weight is 174 g/mol. The first-order valence-corrected chi connectivity index (χ1v) is 3.90. The van der Waals surface area contributed by atoms with Crippen molar-refractivity contribution < 1.29 is 0 Å². The Morgan fingerprint density at radius 1 is 1.18 bits per heavy atom. The Labute approximate surface area is 74.8 Å². The van der Waals surface area contributed by atoms with Crippen LogP contribution >= 0.6 is 12.4 Å². The lowest BCUT2D eigenvalue weighted by molar-refractivity contribution is 0.517. The first kappa shape index (κ1) is 10.6. The molecule has 2 heteroatoms. The van der Waals surface area contributed by atoms with Crippen molar-refractivity contribution in [3.63, 3.8) is 0 Å². The zero-order valence-electron chi connectivity index (χ0n) is 7.16. The van der Waals surface area contributed by atoms with Crippen molar-refractivity contribution in [2.24, 2.45) is 5.92 Å². The van der Waals surface area contributed by atoms with Crippen molar-refractivity contribution in [1.82, 2.24) is 4.57 Å². The molecule has 11 heavy (non-hydrogen) atoms. The maximum Gasteiger partial charge on any atom is 0.0222 e. The molecule has 0 aliphatic carbocycles. The molecule has 0 aliphatic heterocycles. The Morgan fingerprint density at radius 2 is 1.73 bits per heavy atom. The zero-order chi connectivity index (χ0) is 7.40. The Morgan fingerprint density at radius 3 is 2.18 bits per heavy atom. The van der Waals surface area contributed by atoms with E-state index in [9.17, 15) is 0 Å². The third kappa shape index (κ3) is 4.10. The van der Waals surface area contributed by atoms with Crippen LogP contribution in [-0.4, -0.2) is 4.57 Å². The van der Waals surface area contributed by atoms with Gasteiger partial charge in [-0.05, 0) is 24.5 Å². The number of halogens is 1. The molecule has 0 spiro atoms. The summed E-state index contributed by atoms with van der Waals surface area (Å²) in [4.78, 5) is 0. The van der Waals surface area contributed by atoms with Crippen molar-refractivity contribution in [3.8, 4) is 0 Å². The molecule has 0 atom stereocenters. The molecule has 0 N–H and O–H groups in total. The van der Waals surface area contributed by atoms with Gasteiger partial charge in [0.25, 0.3) is 0 Å². The highest BCUT2D eigenvalue weighted by molar-refractivity contribution is 5.85. The summed E-state index contributed by atoms with van der Waals surface area (Å²) in [5, 5.41) is 0. The van der Waals surface area contributed by atoms with Crippen LogP contribution in [0.25, 0.3) is 0 Å². The molecule has 1 rings (SSSR count). The average Bonchev–Trinajstić information content (AvgIpc) is 2.34. The molecule has 0 saturated carbocycles. The summed E-state index contributed by atoms with van der Waals surface area (Å²) in [7, 11) is 0. The molecule has 1 nitrogen and oxygen atoms in total. The van der Waals surface area contributed by atoms with E-state index in [0.29, 0.717) is 0 Å². The highest BCUT2D eigenvalue weighted by atomic mass is 35.5. The molecule has 0 amide bonds. The van der Waals surface area contributed by atoms with Crippen LogP contribution < -0.4 is 0 Å². The Bertz CT molecular complexity index is 168. The van der Waals surface area contributed by atoms with Crippen LogP contribution in [0.15, 0.2) is 24.5 Å². The third-order valence-electron chi connectivity index (χ3n) is 1.63. The van der Waals surface area contributed by atoms with Crippen molar-refractivity contribution in [2.45, 2.75) is 26.8 Å². The van der Waals surface area contributed by atoms with Crippen molar-refractivity contribution in [2.75, 3.05) is 0 Å². The predicted molar refractivity (Wildman–Crippen MR) is 51.1 cm³/mol. The van der Waals surface area contributed by atoms with E-state index in [1.165, 1.54) is 6.42 Å². The van der Waals surface area contributed by atoms with E-state index in [1.807, 2.05) is 0 Å². The second-order valence-electron chi connectivity index (χ2n) is 3.10. The van der Waals surface area contributed by atoms with E-state index < -0.39 is 0 Å². The Hall–Kier alpha value is -0.430. The van der Waals surface area contributed by atoms with Crippen LogP contribution in [0.3, 0.4) is 0 Å². The fourth-order valence-electron chi connectivity index (χ4n) is 0.927. The molecule has 64 valence electrons. The quantitative estimate of drug-likeness (QED) is 0.663. The summed E-state index contributed by atoms with van der Waals surface area (Å²) in [5.41, 5.74) is 0. The molecule has 1 aromatic rings. The molecule has 1 heterocycles. The van der Waals surface area contributed by atoms with Crippen molar-refractivity contribution in [1.29, 1.82) is 0 Å². The Kier molecular flexibility index (Phi) is 5.05. The van der Waals surface area contributed by atoms with Crippen LogP contribution in [0, 0.1) is 5.92 Å². The molecule has 0 unspecified atom stereocenters. The van der Waals surface area contributed by atoms with Gasteiger partial charge in [-0.15, -0.1) is 12.4 Å². The second kappa shape index (κ2) is 5.25. The fraction of sp³-hybridized carbons (Fsp3) is 0.556. The van der Waals surface area contributed by atoms with Gasteiger partial charge >= 0.3 is 0 Å². The number of rotatable bonds is 3. The number of hydrogen-bond donors (Lipinski definition) is 0. The summed E-state index contributed by atoms with van der Waals surface area (Å²) in [6, 6.07) is 4.14. The van der Waals surface area contributed by atoms with Gasteiger partial charge in [0.05, 0.1) is 0 Å². The van der Waals surface area contributed by atoms with E-state index in [1.54, 1.807) is 0 Å². The van der Waals surface area contributed by atoms with Gasteiger partial charge in [-0.1, -0.05) is 13.8 Å². The first-order valence-electron chi connectivity index (χ1n) is 3.90. The molecule has 0 bridgehead atoms. The molecular formula is C9H16ClN. The minimum Gasteiger partial charge on any atom is -0.354 e. The summed E-state index contributed by atoms with van der Waals surface area (Å²) < 4.78 is 2.22. The van der Waals surface area contributed by atoms with Gasteiger partial charge in [0.2, 0.25) is 0 Å². The minimum absolute atomic E-state index is 0. The topological polar surface area (TPSA) is 4.93 Å². The van der Waals surface area contributed by atoms with Gasteiger partial charge in [-0.25, -0.2) is 0 Å². The normalized spacial score (nSPS) is 9.73. The fourth-order valence-corrected chi connectivity index (χ4v) is 0.927. The second-order valence-corrected chi connectivity index (χ2v) is 3.10. The third-order valence-corrected chi connectivity index (χ3v) is 1.63. The molecule has 0 aromatic carbocycles. The maximum absolute atomic E-state index is 2.25. The Balaban J connectivity index is 0.000001000. The summed E-state index contributed by atoms with van der Waals surface area (Å²) in [6.07, 6.45) is 5.50. The van der Waals surface area contributed by atoms with E-state index in [-0.39, 0.29) is 12.4 Å². The minimum atomic E-state index is 0. The van der Waals surface area contributed by atoms with E-state index >= 15 is 0 Å². The molecule has 0 saturated heterocycles. The number of nitrogens with zero attached hydrogens (tertiary/aromatic N) is 1. The molecule has 0 fully saturated rings. The number of hydrogen-bond acceptors (Lipinski definition) is 0. The van der Waals surface area contributed by atoms with E-state index in [0.717, 1.165) is 12.5 Å². The zero-order valence-corrected chi connectivity index (χ0v) is 7.97. The lowest BCUT2D eigenvalue weighted by Gasteiger charge is -2.04. The summed E-state index contributed by atoms with van der Waals surface area (Å²) in [6.45, 7) is 5.66. The van der Waals surface area contributed by atoms with E-state index in [4.69, 9.17) is 0 Å². The number of aryl methyl sites for hydroxylation is 1. The predicted octanol–water partition coefficient (Wildman–Crippen LogP) is 2.96. The van der Waals surface area contributed by atoms with Crippen LogP contribution in [0.2, 0.25) is 0 Å². The van der Waals surface area contributed by atoms with Crippen molar-refractivity contribution in [3.05, 3.63) is 24.5 Å². The standard InChI is InChI=1S/C9H15N.ClH/c1-9(2)5-8-10-6-3-4-7-10;/h3-4,6-7,9H,5,8H2,1-2H3;1H. The van der Waals surface area contributed by atoms with Crippen LogP contribution in [-0.2, 0) is 6.54 Å². The molecule has 0 radical (unpaired) electrons. The smallest absolute Gasteiger partial charge is 0.0222 e. The highest BCUT2D eigenvalue weighted by Gasteiger charge is 1.92. The lowest BCUT2D eigenvalue weighted by atomic mass is 10.1. The van der Waals surface area contributed by atoms with Crippen molar-refractivity contribution >= 4 is 12.4 Å². The van der Waals surface area contributed by atoms with Gasteiger partial charge in [0.15, 0.2) is 0 Å². The van der Waals surface area contributed by atoms with Gasteiger partial charge in [0, 0.05) is 18.9 Å². The lowest BCUT2D eigenvalue weighted by Crippen LogP contribution is -1.97.